The van der Waals surface area contributed by atoms with Crippen molar-refractivity contribution < 1.29 is 17.9 Å². The summed E-state index contributed by atoms with van der Waals surface area (Å²) < 4.78 is 33.3. The Morgan fingerprint density at radius 1 is 1.14 bits per heavy atom. The lowest BCUT2D eigenvalue weighted by molar-refractivity contribution is 0.102. The fourth-order valence-electron chi connectivity index (χ4n) is 2.32. The van der Waals surface area contributed by atoms with Gasteiger partial charge in [0.05, 0.1) is 24.0 Å². The molecule has 0 atom stereocenters. The van der Waals surface area contributed by atoms with Crippen LogP contribution in [0.2, 0.25) is 5.02 Å². The van der Waals surface area contributed by atoms with Crippen LogP contribution < -0.4 is 14.8 Å². The van der Waals surface area contributed by atoms with E-state index in [1.165, 1.54) is 50.0 Å². The third-order valence-corrected chi connectivity index (χ3v) is 5.34. The smallest absolute Gasteiger partial charge is 0.275 e. The summed E-state index contributed by atoms with van der Waals surface area (Å²) in [5.41, 5.74) is 0.563. The number of para-hydroxylation sites is 1. The number of nitrogens with zero attached hydrogens (tertiary/aromatic N) is 2. The Morgan fingerprint density at radius 2 is 1.93 bits per heavy atom. The maximum Gasteiger partial charge on any atom is 0.275 e. The zero-order valence-electron chi connectivity index (χ0n) is 14.6. The highest BCUT2D eigenvalue weighted by molar-refractivity contribution is 7.92. The van der Waals surface area contributed by atoms with Crippen LogP contribution >= 0.6 is 11.6 Å². The lowest BCUT2D eigenvalue weighted by Gasteiger charge is -2.14. The molecule has 0 aliphatic carbocycles. The number of nitrogens with one attached hydrogen (secondary N) is 2. The van der Waals surface area contributed by atoms with E-state index in [-0.39, 0.29) is 32.7 Å². The van der Waals surface area contributed by atoms with Gasteiger partial charge in [0.25, 0.3) is 15.9 Å². The number of halogens is 1. The second kappa shape index (κ2) is 8.24. The molecule has 28 heavy (non-hydrogen) atoms. The number of rotatable bonds is 6. The number of hydrogen-bond acceptors (Lipinski definition) is 6. The predicted octanol–water partition coefficient (Wildman–Crippen LogP) is 3.19. The third-order valence-electron chi connectivity index (χ3n) is 3.63. The second-order valence-electron chi connectivity index (χ2n) is 5.50. The lowest BCUT2D eigenvalue weighted by atomic mass is 10.3. The molecule has 3 rings (SSSR count). The monoisotopic (exact) mass is 418 g/mol. The van der Waals surface area contributed by atoms with E-state index >= 15 is 0 Å². The lowest BCUT2D eigenvalue weighted by Crippen LogP contribution is -2.17. The largest absolute Gasteiger partial charge is 0.495 e. The van der Waals surface area contributed by atoms with Crippen LogP contribution in [0.15, 0.2) is 66.0 Å². The molecule has 0 unspecified atom stereocenters. The molecule has 10 heteroatoms. The molecule has 0 saturated carbocycles. The normalized spacial score (nSPS) is 10.9. The zero-order valence-corrected chi connectivity index (χ0v) is 16.2. The number of anilines is 2. The molecule has 0 aliphatic heterocycles. The molecule has 1 amide bonds. The van der Waals surface area contributed by atoms with Crippen LogP contribution in [0.25, 0.3) is 0 Å². The summed E-state index contributed by atoms with van der Waals surface area (Å²) in [6, 6.07) is 10.7. The molecule has 0 radical (unpaired) electrons. The molecule has 0 bridgehead atoms. The van der Waals surface area contributed by atoms with Gasteiger partial charge in [0.2, 0.25) is 0 Å². The van der Waals surface area contributed by atoms with Crippen LogP contribution in [-0.2, 0) is 10.0 Å². The molecule has 3 aromatic rings. The minimum absolute atomic E-state index is 0.0944. The van der Waals surface area contributed by atoms with Gasteiger partial charge in [-0.1, -0.05) is 23.7 Å². The standard InChI is InChI=1S/C18H15ClN4O4S/c1-27-16-7-6-12(22-18(24)15-11-20-8-9-21-15)10-17(16)28(25,26)23-14-5-3-2-4-13(14)19/h2-11,23H,1H3,(H,22,24). The number of hydrogen-bond donors (Lipinski definition) is 2. The quantitative estimate of drug-likeness (QED) is 0.636. The maximum absolute atomic E-state index is 12.9. The van der Waals surface area contributed by atoms with Crippen LogP contribution in [0.1, 0.15) is 10.5 Å². The Hall–Kier alpha value is -3.17. The van der Waals surface area contributed by atoms with Crippen molar-refractivity contribution in [2.75, 3.05) is 17.1 Å². The summed E-state index contributed by atoms with van der Waals surface area (Å²) >= 11 is 6.03. The maximum atomic E-state index is 12.9. The highest BCUT2D eigenvalue weighted by Crippen LogP contribution is 2.30. The molecule has 2 aromatic carbocycles. The van der Waals surface area contributed by atoms with Gasteiger partial charge in [-0.25, -0.2) is 13.4 Å². The van der Waals surface area contributed by atoms with Crippen LogP contribution in [0.3, 0.4) is 0 Å². The van der Waals surface area contributed by atoms with Crippen molar-refractivity contribution in [3.63, 3.8) is 0 Å². The van der Waals surface area contributed by atoms with Crippen LogP contribution in [-0.4, -0.2) is 31.4 Å². The summed E-state index contributed by atoms with van der Waals surface area (Å²) in [6.07, 6.45) is 4.12. The summed E-state index contributed by atoms with van der Waals surface area (Å²) in [4.78, 5) is 19.8. The Kier molecular flexibility index (Phi) is 5.76. The topological polar surface area (TPSA) is 110 Å². The Morgan fingerprint density at radius 3 is 2.61 bits per heavy atom. The average Bonchev–Trinajstić information content (AvgIpc) is 2.70. The summed E-state index contributed by atoms with van der Waals surface area (Å²) in [7, 11) is -2.69. The molecular formula is C18H15ClN4O4S. The zero-order chi connectivity index (χ0) is 20.1. The molecule has 1 heterocycles. The van der Waals surface area contributed by atoms with Crippen molar-refractivity contribution in [1.82, 2.24) is 9.97 Å². The number of methoxy groups -OCH3 is 1. The van der Waals surface area contributed by atoms with Crippen LogP contribution in [0.5, 0.6) is 5.75 Å². The van der Waals surface area contributed by atoms with E-state index in [4.69, 9.17) is 16.3 Å². The summed E-state index contributed by atoms with van der Waals surface area (Å²) in [6.45, 7) is 0. The number of sulfonamides is 1. The number of carbonyl (C=O) groups is 1. The number of carbonyl (C=O) groups excluding carboxylic acids is 1. The second-order valence-corrected chi connectivity index (χ2v) is 7.55. The summed E-state index contributed by atoms with van der Waals surface area (Å²) in [5, 5.41) is 2.83. The fraction of sp³-hybridized carbons (Fsp3) is 0.0556. The van der Waals surface area contributed by atoms with Crippen LogP contribution in [0, 0.1) is 0 Å². The van der Waals surface area contributed by atoms with E-state index in [0.717, 1.165) is 0 Å². The van der Waals surface area contributed by atoms with Gasteiger partial charge >= 0.3 is 0 Å². The van der Waals surface area contributed by atoms with E-state index in [2.05, 4.69) is 20.0 Å². The van der Waals surface area contributed by atoms with Crippen molar-refractivity contribution >= 4 is 38.9 Å². The summed E-state index contributed by atoms with van der Waals surface area (Å²) in [5.74, 6) is -0.419. The van der Waals surface area contributed by atoms with Gasteiger partial charge in [0.1, 0.15) is 16.3 Å². The molecule has 8 nitrogen and oxygen atoms in total. The van der Waals surface area contributed by atoms with Crippen molar-refractivity contribution in [3.05, 3.63) is 71.8 Å². The first kappa shape index (κ1) is 19.6. The van der Waals surface area contributed by atoms with Gasteiger partial charge in [-0.3, -0.25) is 14.5 Å². The molecular weight excluding hydrogens is 404 g/mol. The van der Waals surface area contributed by atoms with Gasteiger partial charge in [0.15, 0.2) is 0 Å². The predicted molar refractivity (Wildman–Crippen MR) is 105 cm³/mol. The van der Waals surface area contributed by atoms with Gasteiger partial charge in [0, 0.05) is 18.1 Å². The SMILES string of the molecule is COc1ccc(NC(=O)c2cnccn2)cc1S(=O)(=O)Nc1ccccc1Cl. The van der Waals surface area contributed by atoms with E-state index in [0.29, 0.717) is 0 Å². The van der Waals surface area contributed by atoms with E-state index < -0.39 is 15.9 Å². The van der Waals surface area contributed by atoms with Gasteiger partial charge in [-0.2, -0.15) is 0 Å². The van der Waals surface area contributed by atoms with E-state index in [1.54, 1.807) is 18.2 Å². The number of benzene rings is 2. The Bertz CT molecular complexity index is 1110. The third kappa shape index (κ3) is 4.38. The van der Waals surface area contributed by atoms with Crippen molar-refractivity contribution in [2.45, 2.75) is 4.90 Å². The molecule has 0 aliphatic rings. The van der Waals surface area contributed by atoms with E-state index in [1.807, 2.05) is 0 Å². The molecule has 1 aromatic heterocycles. The van der Waals surface area contributed by atoms with Crippen molar-refractivity contribution in [3.8, 4) is 5.75 Å². The average molecular weight is 419 g/mol. The van der Waals surface area contributed by atoms with Gasteiger partial charge in [-0.05, 0) is 30.3 Å². The first-order chi connectivity index (χ1) is 13.4. The Balaban J connectivity index is 1.92. The number of ether oxygens (including phenoxy) is 1. The first-order valence-electron chi connectivity index (χ1n) is 7.93. The van der Waals surface area contributed by atoms with Gasteiger partial charge in [-0.15, -0.1) is 0 Å². The molecule has 144 valence electrons. The number of aromatic nitrogens is 2. The Labute approximate surface area is 166 Å². The fourth-order valence-corrected chi connectivity index (χ4v) is 3.83. The first-order valence-corrected chi connectivity index (χ1v) is 9.79. The molecule has 0 saturated heterocycles. The molecule has 0 spiro atoms. The van der Waals surface area contributed by atoms with Crippen molar-refractivity contribution in [2.24, 2.45) is 0 Å². The highest BCUT2D eigenvalue weighted by atomic mass is 35.5. The van der Waals surface area contributed by atoms with E-state index in [9.17, 15) is 13.2 Å². The molecule has 2 N–H and O–H groups in total. The highest BCUT2D eigenvalue weighted by Gasteiger charge is 2.22. The minimum atomic E-state index is -4.04. The van der Waals surface area contributed by atoms with Gasteiger partial charge < -0.3 is 10.1 Å². The minimum Gasteiger partial charge on any atom is -0.495 e. The van der Waals surface area contributed by atoms with Crippen LogP contribution in [0.4, 0.5) is 11.4 Å². The van der Waals surface area contributed by atoms with Crippen molar-refractivity contribution in [1.29, 1.82) is 0 Å². The molecule has 0 fully saturated rings. The number of amides is 1.